The maximum Gasteiger partial charge on any atom is 0.233 e. The predicted octanol–water partition coefficient (Wildman–Crippen LogP) is 2.99. The maximum absolute atomic E-state index is 12.6. The molecule has 2 aromatic rings. The standard InChI is InChI=1S/C16H21N3OS2/c1-2-9-19(12-7-8-17-10-12)15(20)11-21-16-18-13-5-3-4-6-14(13)22-16/h3-6,12,17H,2,7-11H2,1H3. The van der Waals surface area contributed by atoms with E-state index in [1.807, 2.05) is 18.2 Å². The van der Waals surface area contributed by atoms with E-state index < -0.39 is 0 Å². The van der Waals surface area contributed by atoms with E-state index in [0.717, 1.165) is 42.3 Å². The van der Waals surface area contributed by atoms with Gasteiger partial charge >= 0.3 is 0 Å². The molecule has 1 N–H and O–H groups in total. The van der Waals surface area contributed by atoms with Crippen LogP contribution in [0.25, 0.3) is 10.2 Å². The number of nitrogens with one attached hydrogen (secondary N) is 1. The summed E-state index contributed by atoms with van der Waals surface area (Å²) in [5, 5.41) is 3.35. The largest absolute Gasteiger partial charge is 0.338 e. The predicted molar refractivity (Wildman–Crippen MR) is 93.6 cm³/mol. The van der Waals surface area contributed by atoms with Gasteiger partial charge in [-0.25, -0.2) is 4.98 Å². The van der Waals surface area contributed by atoms with Gasteiger partial charge in [-0.3, -0.25) is 4.79 Å². The first-order valence-electron chi connectivity index (χ1n) is 7.76. The van der Waals surface area contributed by atoms with E-state index >= 15 is 0 Å². The SMILES string of the molecule is CCCN(C(=O)CSc1nc2ccccc2s1)C1CCNC1. The summed E-state index contributed by atoms with van der Waals surface area (Å²) in [6, 6.07) is 8.48. The van der Waals surface area contributed by atoms with Crippen molar-refractivity contribution in [1.29, 1.82) is 0 Å². The van der Waals surface area contributed by atoms with Crippen LogP contribution in [0.4, 0.5) is 0 Å². The van der Waals surface area contributed by atoms with Gasteiger partial charge in [0.1, 0.15) is 0 Å². The van der Waals surface area contributed by atoms with Gasteiger partial charge in [-0.1, -0.05) is 30.8 Å². The Kier molecular flexibility index (Phi) is 5.33. The average Bonchev–Trinajstić information content (AvgIpc) is 3.18. The first kappa shape index (κ1) is 15.8. The zero-order valence-electron chi connectivity index (χ0n) is 12.7. The fourth-order valence-corrected chi connectivity index (χ4v) is 4.73. The molecule has 0 bridgehead atoms. The molecule has 1 saturated heterocycles. The smallest absolute Gasteiger partial charge is 0.233 e. The molecule has 0 aliphatic carbocycles. The van der Waals surface area contributed by atoms with Crippen molar-refractivity contribution >= 4 is 39.2 Å². The molecule has 1 aromatic carbocycles. The van der Waals surface area contributed by atoms with Gasteiger partial charge in [-0.05, 0) is 31.5 Å². The van der Waals surface area contributed by atoms with E-state index in [4.69, 9.17) is 0 Å². The fourth-order valence-electron chi connectivity index (χ4n) is 2.78. The second kappa shape index (κ2) is 7.44. The number of thiazole rings is 1. The van der Waals surface area contributed by atoms with E-state index in [1.54, 1.807) is 23.1 Å². The number of nitrogens with zero attached hydrogens (tertiary/aromatic N) is 2. The van der Waals surface area contributed by atoms with Crippen molar-refractivity contribution < 1.29 is 4.79 Å². The molecule has 0 spiro atoms. The number of fused-ring (bicyclic) bond motifs is 1. The summed E-state index contributed by atoms with van der Waals surface area (Å²) in [6.07, 6.45) is 2.07. The van der Waals surface area contributed by atoms with E-state index in [0.29, 0.717) is 11.8 Å². The second-order valence-corrected chi connectivity index (χ2v) is 7.72. The monoisotopic (exact) mass is 335 g/mol. The fraction of sp³-hybridized carbons (Fsp3) is 0.500. The van der Waals surface area contributed by atoms with Crippen LogP contribution in [0.15, 0.2) is 28.6 Å². The number of carbonyl (C=O) groups is 1. The van der Waals surface area contributed by atoms with Gasteiger partial charge in [-0.2, -0.15) is 0 Å². The van der Waals surface area contributed by atoms with Crippen LogP contribution in [-0.2, 0) is 4.79 Å². The minimum absolute atomic E-state index is 0.236. The van der Waals surface area contributed by atoms with E-state index in [2.05, 4.69) is 28.2 Å². The summed E-state index contributed by atoms with van der Waals surface area (Å²) in [4.78, 5) is 19.2. The highest BCUT2D eigenvalue weighted by molar-refractivity contribution is 8.01. The highest BCUT2D eigenvalue weighted by atomic mass is 32.2. The lowest BCUT2D eigenvalue weighted by molar-refractivity contribution is -0.130. The average molecular weight is 335 g/mol. The van der Waals surface area contributed by atoms with Crippen molar-refractivity contribution in [2.75, 3.05) is 25.4 Å². The molecular weight excluding hydrogens is 314 g/mol. The number of hydrogen-bond acceptors (Lipinski definition) is 5. The van der Waals surface area contributed by atoms with Gasteiger partial charge in [0.2, 0.25) is 5.91 Å². The Bertz CT molecular complexity index is 604. The summed E-state index contributed by atoms with van der Waals surface area (Å²) in [5.41, 5.74) is 1.02. The Morgan fingerprint density at radius 3 is 3.09 bits per heavy atom. The van der Waals surface area contributed by atoms with Crippen LogP contribution in [0.1, 0.15) is 19.8 Å². The minimum atomic E-state index is 0.236. The van der Waals surface area contributed by atoms with Gasteiger partial charge in [-0.15, -0.1) is 11.3 Å². The van der Waals surface area contributed by atoms with Crippen molar-refractivity contribution in [2.45, 2.75) is 30.1 Å². The Labute approximate surface area is 139 Å². The molecule has 1 unspecified atom stereocenters. The molecule has 1 aliphatic heterocycles. The van der Waals surface area contributed by atoms with Crippen molar-refractivity contribution in [3.05, 3.63) is 24.3 Å². The van der Waals surface area contributed by atoms with Crippen LogP contribution in [0, 0.1) is 0 Å². The lowest BCUT2D eigenvalue weighted by Crippen LogP contribution is -2.43. The van der Waals surface area contributed by atoms with Crippen LogP contribution in [0.2, 0.25) is 0 Å². The summed E-state index contributed by atoms with van der Waals surface area (Å²) in [6.45, 7) is 4.93. The van der Waals surface area contributed by atoms with E-state index in [9.17, 15) is 4.79 Å². The summed E-state index contributed by atoms with van der Waals surface area (Å²) in [7, 11) is 0. The van der Waals surface area contributed by atoms with Crippen LogP contribution in [-0.4, -0.2) is 47.2 Å². The second-order valence-electron chi connectivity index (χ2n) is 5.47. The van der Waals surface area contributed by atoms with Crippen molar-refractivity contribution in [1.82, 2.24) is 15.2 Å². The minimum Gasteiger partial charge on any atom is -0.338 e. The molecule has 0 radical (unpaired) electrons. The van der Waals surface area contributed by atoms with Crippen LogP contribution >= 0.6 is 23.1 Å². The summed E-state index contributed by atoms with van der Waals surface area (Å²) in [5.74, 6) is 0.718. The Hall–Kier alpha value is -1.11. The third kappa shape index (κ3) is 3.62. The van der Waals surface area contributed by atoms with Crippen molar-refractivity contribution in [2.24, 2.45) is 0 Å². The van der Waals surface area contributed by atoms with Crippen LogP contribution < -0.4 is 5.32 Å². The number of aromatic nitrogens is 1. The number of benzene rings is 1. The molecule has 1 atom stereocenters. The van der Waals surface area contributed by atoms with Gasteiger partial charge < -0.3 is 10.2 Å². The maximum atomic E-state index is 12.6. The third-order valence-electron chi connectivity index (χ3n) is 3.85. The lowest BCUT2D eigenvalue weighted by atomic mass is 10.2. The first-order chi connectivity index (χ1) is 10.8. The number of amides is 1. The van der Waals surface area contributed by atoms with Crippen molar-refractivity contribution in [3.8, 4) is 0 Å². The molecule has 3 rings (SSSR count). The molecule has 22 heavy (non-hydrogen) atoms. The highest BCUT2D eigenvalue weighted by Gasteiger charge is 2.25. The molecule has 1 amide bonds. The van der Waals surface area contributed by atoms with E-state index in [-0.39, 0.29) is 5.91 Å². The molecule has 2 heterocycles. The molecule has 4 nitrogen and oxygen atoms in total. The number of rotatable bonds is 6. The van der Waals surface area contributed by atoms with Crippen LogP contribution in [0.3, 0.4) is 0 Å². The molecule has 1 aliphatic rings. The molecule has 118 valence electrons. The number of thioether (sulfide) groups is 1. The number of para-hydroxylation sites is 1. The first-order valence-corrected chi connectivity index (χ1v) is 9.56. The number of hydrogen-bond donors (Lipinski definition) is 1. The molecule has 1 aromatic heterocycles. The van der Waals surface area contributed by atoms with Gasteiger partial charge in [0.15, 0.2) is 4.34 Å². The van der Waals surface area contributed by atoms with Gasteiger partial charge in [0, 0.05) is 19.1 Å². The topological polar surface area (TPSA) is 45.2 Å². The molecular formula is C16H21N3OS2. The zero-order chi connectivity index (χ0) is 15.4. The zero-order valence-corrected chi connectivity index (χ0v) is 14.4. The molecule has 0 saturated carbocycles. The highest BCUT2D eigenvalue weighted by Crippen LogP contribution is 2.29. The Balaban J connectivity index is 1.62. The Morgan fingerprint density at radius 1 is 1.50 bits per heavy atom. The lowest BCUT2D eigenvalue weighted by Gasteiger charge is -2.28. The Morgan fingerprint density at radius 2 is 2.36 bits per heavy atom. The van der Waals surface area contributed by atoms with Crippen molar-refractivity contribution in [3.63, 3.8) is 0 Å². The van der Waals surface area contributed by atoms with Gasteiger partial charge in [0.05, 0.1) is 16.0 Å². The van der Waals surface area contributed by atoms with Gasteiger partial charge in [0.25, 0.3) is 0 Å². The quantitative estimate of drug-likeness (QED) is 0.824. The van der Waals surface area contributed by atoms with E-state index in [1.165, 1.54) is 4.70 Å². The third-order valence-corrected chi connectivity index (χ3v) is 6.02. The van der Waals surface area contributed by atoms with Crippen LogP contribution in [0.5, 0.6) is 0 Å². The molecule has 6 heteroatoms. The molecule has 1 fully saturated rings. The summed E-state index contributed by atoms with van der Waals surface area (Å²) >= 11 is 3.23. The normalized spacial score (nSPS) is 18.0. The number of carbonyl (C=O) groups excluding carboxylic acids is 1. The summed E-state index contributed by atoms with van der Waals surface area (Å²) < 4.78 is 2.17.